The topological polar surface area (TPSA) is 88.6 Å². The Balaban J connectivity index is 1.75. The molecule has 3 amide bonds. The molecule has 1 aliphatic heterocycles. The zero-order valence-corrected chi connectivity index (χ0v) is 10.1. The van der Waals surface area contributed by atoms with E-state index in [0.717, 1.165) is 5.76 Å². The summed E-state index contributed by atoms with van der Waals surface area (Å²) in [5.74, 6) is 0.698. The fourth-order valence-electron chi connectivity index (χ4n) is 2.09. The molecular weight excluding hydrogens is 234 g/mol. The predicted molar refractivity (Wildman–Crippen MR) is 64.4 cm³/mol. The summed E-state index contributed by atoms with van der Waals surface area (Å²) < 4.78 is 5.14. The standard InChI is InChI=1S/C12H17N3O3/c13-12(17)15-5-3-9(4-6-15)11(16)14-8-10-2-1-7-18-10/h1-2,7,9H,3-6,8H2,(H2,13,17)(H,14,16). The highest BCUT2D eigenvalue weighted by molar-refractivity contribution is 5.79. The average Bonchev–Trinajstić information content (AvgIpc) is 2.89. The van der Waals surface area contributed by atoms with Crippen LogP contribution in [-0.2, 0) is 11.3 Å². The fourth-order valence-corrected chi connectivity index (χ4v) is 2.09. The molecular formula is C12H17N3O3. The van der Waals surface area contributed by atoms with E-state index in [-0.39, 0.29) is 11.8 Å². The van der Waals surface area contributed by atoms with Gasteiger partial charge in [0.1, 0.15) is 5.76 Å². The van der Waals surface area contributed by atoms with Crippen molar-refractivity contribution in [2.45, 2.75) is 19.4 Å². The normalized spacial score (nSPS) is 16.6. The van der Waals surface area contributed by atoms with Crippen LogP contribution in [0.4, 0.5) is 4.79 Å². The summed E-state index contributed by atoms with van der Waals surface area (Å²) in [6, 6.07) is 3.19. The molecule has 2 heterocycles. The number of primary amides is 1. The molecule has 3 N–H and O–H groups in total. The van der Waals surface area contributed by atoms with Crippen molar-refractivity contribution in [3.8, 4) is 0 Å². The molecule has 18 heavy (non-hydrogen) atoms. The number of likely N-dealkylation sites (tertiary alicyclic amines) is 1. The molecule has 98 valence electrons. The molecule has 1 fully saturated rings. The van der Waals surface area contributed by atoms with Gasteiger partial charge in [0.05, 0.1) is 12.8 Å². The van der Waals surface area contributed by atoms with Gasteiger partial charge in [-0.05, 0) is 25.0 Å². The fraction of sp³-hybridized carbons (Fsp3) is 0.500. The molecule has 6 nitrogen and oxygen atoms in total. The van der Waals surface area contributed by atoms with Gasteiger partial charge in [0.15, 0.2) is 0 Å². The van der Waals surface area contributed by atoms with Crippen molar-refractivity contribution < 1.29 is 14.0 Å². The molecule has 1 aromatic rings. The molecule has 0 unspecified atom stereocenters. The van der Waals surface area contributed by atoms with Crippen molar-refractivity contribution >= 4 is 11.9 Å². The molecule has 1 aromatic heterocycles. The molecule has 0 aromatic carbocycles. The molecule has 2 rings (SSSR count). The molecule has 6 heteroatoms. The molecule has 1 saturated heterocycles. The molecule has 0 aliphatic carbocycles. The van der Waals surface area contributed by atoms with E-state index in [0.29, 0.717) is 32.5 Å². The number of hydrogen-bond donors (Lipinski definition) is 2. The molecule has 0 saturated carbocycles. The highest BCUT2D eigenvalue weighted by Gasteiger charge is 2.26. The van der Waals surface area contributed by atoms with Crippen LogP contribution in [0.25, 0.3) is 0 Å². The van der Waals surface area contributed by atoms with Crippen molar-refractivity contribution in [3.05, 3.63) is 24.2 Å². The van der Waals surface area contributed by atoms with Gasteiger partial charge in [-0.1, -0.05) is 0 Å². The molecule has 0 bridgehead atoms. The number of rotatable bonds is 3. The lowest BCUT2D eigenvalue weighted by Crippen LogP contribution is -2.44. The third-order valence-electron chi connectivity index (χ3n) is 3.19. The minimum atomic E-state index is -0.413. The number of piperidine rings is 1. The lowest BCUT2D eigenvalue weighted by atomic mass is 9.96. The Morgan fingerprint density at radius 1 is 1.44 bits per heavy atom. The highest BCUT2D eigenvalue weighted by atomic mass is 16.3. The van der Waals surface area contributed by atoms with Gasteiger partial charge in [-0.2, -0.15) is 0 Å². The molecule has 0 radical (unpaired) electrons. The van der Waals surface area contributed by atoms with Gasteiger partial charge < -0.3 is 20.4 Å². The summed E-state index contributed by atoms with van der Waals surface area (Å²) in [6.45, 7) is 1.50. The number of hydrogen-bond acceptors (Lipinski definition) is 3. The van der Waals surface area contributed by atoms with Gasteiger partial charge in [0.2, 0.25) is 5.91 Å². The maximum Gasteiger partial charge on any atom is 0.314 e. The Kier molecular flexibility index (Phi) is 3.86. The summed E-state index contributed by atoms with van der Waals surface area (Å²) in [4.78, 5) is 24.4. The van der Waals surface area contributed by atoms with Crippen LogP contribution in [0.2, 0.25) is 0 Å². The van der Waals surface area contributed by atoms with E-state index < -0.39 is 6.03 Å². The van der Waals surface area contributed by atoms with Crippen LogP contribution in [0.15, 0.2) is 22.8 Å². The number of furan rings is 1. The van der Waals surface area contributed by atoms with Crippen LogP contribution in [0.5, 0.6) is 0 Å². The Morgan fingerprint density at radius 2 is 2.17 bits per heavy atom. The van der Waals surface area contributed by atoms with E-state index in [9.17, 15) is 9.59 Å². The first-order chi connectivity index (χ1) is 8.66. The monoisotopic (exact) mass is 251 g/mol. The SMILES string of the molecule is NC(=O)N1CCC(C(=O)NCc2ccco2)CC1. The summed E-state index contributed by atoms with van der Waals surface area (Å²) in [7, 11) is 0. The second-order valence-corrected chi connectivity index (χ2v) is 4.40. The number of nitrogens with zero attached hydrogens (tertiary/aromatic N) is 1. The molecule has 0 atom stereocenters. The first-order valence-corrected chi connectivity index (χ1v) is 6.01. The number of amides is 3. The largest absolute Gasteiger partial charge is 0.467 e. The number of nitrogens with two attached hydrogens (primary N) is 1. The van der Waals surface area contributed by atoms with E-state index >= 15 is 0 Å². The third kappa shape index (κ3) is 3.03. The summed E-state index contributed by atoms with van der Waals surface area (Å²) in [6.07, 6.45) is 2.90. The Hall–Kier alpha value is -1.98. The van der Waals surface area contributed by atoms with Crippen molar-refractivity contribution in [1.82, 2.24) is 10.2 Å². The Morgan fingerprint density at radius 3 is 2.72 bits per heavy atom. The minimum Gasteiger partial charge on any atom is -0.467 e. The highest BCUT2D eigenvalue weighted by Crippen LogP contribution is 2.17. The maximum atomic E-state index is 11.9. The van der Waals surface area contributed by atoms with Gasteiger partial charge in [-0.3, -0.25) is 4.79 Å². The van der Waals surface area contributed by atoms with E-state index in [2.05, 4.69) is 5.32 Å². The van der Waals surface area contributed by atoms with Crippen LogP contribution in [-0.4, -0.2) is 29.9 Å². The smallest absolute Gasteiger partial charge is 0.314 e. The van der Waals surface area contributed by atoms with Crippen LogP contribution in [0.1, 0.15) is 18.6 Å². The van der Waals surface area contributed by atoms with Gasteiger partial charge >= 0.3 is 6.03 Å². The van der Waals surface area contributed by atoms with Gasteiger partial charge in [-0.15, -0.1) is 0 Å². The quantitative estimate of drug-likeness (QED) is 0.828. The first kappa shape index (κ1) is 12.5. The summed E-state index contributed by atoms with van der Waals surface area (Å²) in [5.41, 5.74) is 5.19. The lowest BCUT2D eigenvalue weighted by Gasteiger charge is -2.29. The van der Waals surface area contributed by atoms with E-state index in [4.69, 9.17) is 10.2 Å². The van der Waals surface area contributed by atoms with Gasteiger partial charge in [-0.25, -0.2) is 4.79 Å². The Bertz CT molecular complexity index is 408. The lowest BCUT2D eigenvalue weighted by molar-refractivity contribution is -0.126. The van der Waals surface area contributed by atoms with Crippen molar-refractivity contribution in [3.63, 3.8) is 0 Å². The summed E-state index contributed by atoms with van der Waals surface area (Å²) in [5, 5.41) is 2.83. The van der Waals surface area contributed by atoms with Crippen LogP contribution < -0.4 is 11.1 Å². The van der Waals surface area contributed by atoms with Crippen LogP contribution >= 0.6 is 0 Å². The molecule has 1 aliphatic rings. The third-order valence-corrected chi connectivity index (χ3v) is 3.19. The van der Waals surface area contributed by atoms with Gasteiger partial charge in [0, 0.05) is 19.0 Å². The van der Waals surface area contributed by atoms with Crippen LogP contribution in [0.3, 0.4) is 0 Å². The number of nitrogens with one attached hydrogen (secondary N) is 1. The van der Waals surface area contributed by atoms with E-state index in [1.807, 2.05) is 6.07 Å². The van der Waals surface area contributed by atoms with E-state index in [1.165, 1.54) is 0 Å². The van der Waals surface area contributed by atoms with Crippen LogP contribution in [0, 0.1) is 5.92 Å². The minimum absolute atomic E-state index is 0.00974. The first-order valence-electron chi connectivity index (χ1n) is 6.01. The number of carbonyl (C=O) groups is 2. The van der Waals surface area contributed by atoms with E-state index in [1.54, 1.807) is 17.2 Å². The maximum absolute atomic E-state index is 11.9. The average molecular weight is 251 g/mol. The summed E-state index contributed by atoms with van der Waals surface area (Å²) >= 11 is 0. The number of carbonyl (C=O) groups excluding carboxylic acids is 2. The van der Waals surface area contributed by atoms with Gasteiger partial charge in [0.25, 0.3) is 0 Å². The van der Waals surface area contributed by atoms with Crippen molar-refractivity contribution in [1.29, 1.82) is 0 Å². The second kappa shape index (κ2) is 5.57. The Labute approximate surface area is 105 Å². The second-order valence-electron chi connectivity index (χ2n) is 4.40. The zero-order valence-electron chi connectivity index (χ0n) is 10.1. The van der Waals surface area contributed by atoms with Crippen molar-refractivity contribution in [2.75, 3.05) is 13.1 Å². The number of urea groups is 1. The predicted octanol–water partition coefficient (Wildman–Crippen LogP) is 0.686. The van der Waals surface area contributed by atoms with Crippen molar-refractivity contribution in [2.24, 2.45) is 11.7 Å². The molecule has 0 spiro atoms. The zero-order chi connectivity index (χ0) is 13.0.